The minimum absolute atomic E-state index is 0.0283. The molecule has 122 valence electrons. The summed E-state index contributed by atoms with van der Waals surface area (Å²) in [7, 11) is -0.919. The van der Waals surface area contributed by atoms with Crippen LogP contribution in [0.1, 0.15) is 42.1 Å². The Morgan fingerprint density at radius 2 is 2.13 bits per heavy atom. The Balaban J connectivity index is 2.10. The number of amides is 1. The summed E-state index contributed by atoms with van der Waals surface area (Å²) < 4.78 is 13.6. The van der Waals surface area contributed by atoms with E-state index in [1.54, 1.807) is 4.68 Å². The van der Waals surface area contributed by atoms with Gasteiger partial charge in [-0.15, -0.1) is 0 Å². The van der Waals surface area contributed by atoms with E-state index >= 15 is 0 Å². The standard InChI is InChI=1S/C17H21N3O2S/c1-4-6-16(21)18-17-13-9-23(22)10-14(13)19-20(17)15-8-5-7-11(2)12(15)3/h5,7-8H,4,6,9-10H2,1-3H3,(H,18,21)/t23-/m1/s1. The van der Waals surface area contributed by atoms with Crippen molar-refractivity contribution in [1.82, 2.24) is 9.78 Å². The highest BCUT2D eigenvalue weighted by Gasteiger charge is 2.28. The third-order valence-corrected chi connectivity index (χ3v) is 5.41. The first-order chi connectivity index (χ1) is 11.0. The lowest BCUT2D eigenvalue weighted by molar-refractivity contribution is -0.116. The number of nitrogens with zero attached hydrogens (tertiary/aromatic N) is 2. The normalized spacial score (nSPS) is 16.4. The van der Waals surface area contributed by atoms with Gasteiger partial charge in [-0.3, -0.25) is 9.00 Å². The van der Waals surface area contributed by atoms with Gasteiger partial charge >= 0.3 is 0 Å². The van der Waals surface area contributed by atoms with Crippen LogP contribution in [0.25, 0.3) is 5.69 Å². The van der Waals surface area contributed by atoms with Crippen LogP contribution >= 0.6 is 0 Å². The minimum atomic E-state index is -0.919. The van der Waals surface area contributed by atoms with E-state index in [4.69, 9.17) is 0 Å². The summed E-state index contributed by atoms with van der Waals surface area (Å²) in [5, 5.41) is 7.62. The summed E-state index contributed by atoms with van der Waals surface area (Å²) in [6.07, 6.45) is 1.26. The van der Waals surface area contributed by atoms with Crippen molar-refractivity contribution in [3.63, 3.8) is 0 Å². The van der Waals surface area contributed by atoms with Gasteiger partial charge in [0.1, 0.15) is 5.82 Å². The fraction of sp³-hybridized carbons (Fsp3) is 0.412. The summed E-state index contributed by atoms with van der Waals surface area (Å²) in [5.74, 6) is 1.57. The molecule has 0 bridgehead atoms. The molecule has 2 heterocycles. The molecule has 0 unspecified atom stereocenters. The first-order valence-corrected chi connectivity index (χ1v) is 9.32. The average Bonchev–Trinajstić information content (AvgIpc) is 3.00. The third-order valence-electron chi connectivity index (χ3n) is 4.21. The summed E-state index contributed by atoms with van der Waals surface area (Å²) in [6, 6.07) is 6.04. The molecule has 1 aromatic heterocycles. The van der Waals surface area contributed by atoms with Crippen LogP contribution in [-0.2, 0) is 27.1 Å². The average molecular weight is 331 g/mol. The van der Waals surface area contributed by atoms with E-state index in [-0.39, 0.29) is 5.91 Å². The molecule has 1 amide bonds. The second kappa shape index (κ2) is 6.28. The second-order valence-electron chi connectivity index (χ2n) is 5.93. The highest BCUT2D eigenvalue weighted by Crippen LogP contribution is 2.32. The number of anilines is 1. The topological polar surface area (TPSA) is 64.0 Å². The van der Waals surface area contributed by atoms with Gasteiger partial charge in [-0.05, 0) is 37.5 Å². The van der Waals surface area contributed by atoms with E-state index in [1.165, 1.54) is 5.56 Å². The molecule has 6 heteroatoms. The predicted molar refractivity (Wildman–Crippen MR) is 92.1 cm³/mol. The van der Waals surface area contributed by atoms with Crippen LogP contribution in [0.3, 0.4) is 0 Å². The SMILES string of the molecule is CCCC(=O)Nc1c2c(nn1-c1cccc(C)c1C)C[S@](=O)C2. The Morgan fingerprint density at radius 3 is 2.87 bits per heavy atom. The van der Waals surface area contributed by atoms with Gasteiger partial charge in [-0.2, -0.15) is 5.10 Å². The van der Waals surface area contributed by atoms with Gasteiger partial charge in [0.05, 0.1) is 22.9 Å². The molecule has 23 heavy (non-hydrogen) atoms. The van der Waals surface area contributed by atoms with Crippen molar-refractivity contribution < 1.29 is 9.00 Å². The van der Waals surface area contributed by atoms with Crippen molar-refractivity contribution in [1.29, 1.82) is 0 Å². The van der Waals surface area contributed by atoms with E-state index in [2.05, 4.69) is 23.4 Å². The van der Waals surface area contributed by atoms with Crippen molar-refractivity contribution in [2.45, 2.75) is 45.1 Å². The molecule has 0 saturated heterocycles. The van der Waals surface area contributed by atoms with Crippen LogP contribution in [0.4, 0.5) is 5.82 Å². The number of hydrogen-bond acceptors (Lipinski definition) is 3. The number of carbonyl (C=O) groups is 1. The molecule has 0 aliphatic carbocycles. The van der Waals surface area contributed by atoms with Crippen molar-refractivity contribution in [3.8, 4) is 5.69 Å². The molecule has 1 aliphatic heterocycles. The molecule has 0 fully saturated rings. The zero-order valence-corrected chi connectivity index (χ0v) is 14.5. The van der Waals surface area contributed by atoms with Crippen LogP contribution in [0, 0.1) is 13.8 Å². The molecule has 1 aliphatic rings. The van der Waals surface area contributed by atoms with Gasteiger partial charge in [0.25, 0.3) is 0 Å². The smallest absolute Gasteiger partial charge is 0.225 e. The fourth-order valence-electron chi connectivity index (χ4n) is 2.82. The molecule has 0 radical (unpaired) electrons. The molecular formula is C17H21N3O2S. The number of aryl methyl sites for hydroxylation is 1. The summed E-state index contributed by atoms with van der Waals surface area (Å²) in [4.78, 5) is 12.1. The molecule has 2 aromatic rings. The number of carbonyl (C=O) groups excluding carboxylic acids is 1. The highest BCUT2D eigenvalue weighted by molar-refractivity contribution is 7.83. The number of rotatable bonds is 4. The van der Waals surface area contributed by atoms with E-state index in [1.807, 2.05) is 26.0 Å². The molecule has 3 rings (SSSR count). The van der Waals surface area contributed by atoms with E-state index < -0.39 is 10.8 Å². The largest absolute Gasteiger partial charge is 0.310 e. The number of benzene rings is 1. The van der Waals surface area contributed by atoms with Gasteiger partial charge < -0.3 is 5.32 Å². The molecular weight excluding hydrogens is 310 g/mol. The Hall–Kier alpha value is -1.95. The maximum absolute atomic E-state index is 12.1. The van der Waals surface area contributed by atoms with Crippen LogP contribution in [-0.4, -0.2) is 19.9 Å². The van der Waals surface area contributed by atoms with Crippen molar-refractivity contribution in [2.24, 2.45) is 0 Å². The maximum Gasteiger partial charge on any atom is 0.225 e. The van der Waals surface area contributed by atoms with Gasteiger partial charge in [-0.25, -0.2) is 4.68 Å². The van der Waals surface area contributed by atoms with Gasteiger partial charge in [0, 0.05) is 22.8 Å². The molecule has 5 nitrogen and oxygen atoms in total. The number of aromatic nitrogens is 2. The van der Waals surface area contributed by atoms with Crippen molar-refractivity contribution in [3.05, 3.63) is 40.6 Å². The monoisotopic (exact) mass is 331 g/mol. The number of hydrogen-bond donors (Lipinski definition) is 1. The Labute approximate surface area is 138 Å². The molecule has 1 aromatic carbocycles. The van der Waals surface area contributed by atoms with Gasteiger partial charge in [0.15, 0.2) is 0 Å². The molecule has 0 saturated carbocycles. The highest BCUT2D eigenvalue weighted by atomic mass is 32.2. The van der Waals surface area contributed by atoms with Gasteiger partial charge in [0.2, 0.25) is 5.91 Å². The van der Waals surface area contributed by atoms with Crippen LogP contribution in [0.5, 0.6) is 0 Å². The minimum Gasteiger partial charge on any atom is -0.310 e. The summed E-state index contributed by atoms with van der Waals surface area (Å²) in [6.45, 7) is 6.08. The molecule has 1 N–H and O–H groups in total. The Morgan fingerprint density at radius 1 is 1.35 bits per heavy atom. The zero-order valence-electron chi connectivity index (χ0n) is 13.7. The van der Waals surface area contributed by atoms with Crippen LogP contribution < -0.4 is 5.32 Å². The van der Waals surface area contributed by atoms with E-state index in [0.717, 1.165) is 28.9 Å². The molecule has 0 spiro atoms. The fourth-order valence-corrected chi connectivity index (χ4v) is 4.08. The maximum atomic E-state index is 12.1. The summed E-state index contributed by atoms with van der Waals surface area (Å²) in [5.41, 5.74) is 5.00. The first-order valence-electron chi connectivity index (χ1n) is 7.83. The predicted octanol–water partition coefficient (Wildman–Crippen LogP) is 2.99. The van der Waals surface area contributed by atoms with Crippen molar-refractivity contribution in [2.75, 3.05) is 5.32 Å². The molecule has 1 atom stereocenters. The zero-order chi connectivity index (χ0) is 16.6. The second-order valence-corrected chi connectivity index (χ2v) is 7.39. The van der Waals surface area contributed by atoms with Crippen molar-refractivity contribution >= 4 is 22.5 Å². The van der Waals surface area contributed by atoms with Crippen LogP contribution in [0.15, 0.2) is 18.2 Å². The van der Waals surface area contributed by atoms with E-state index in [0.29, 0.717) is 23.7 Å². The van der Waals surface area contributed by atoms with E-state index in [9.17, 15) is 9.00 Å². The third kappa shape index (κ3) is 2.95. The lowest BCUT2D eigenvalue weighted by Gasteiger charge is -2.14. The lowest BCUT2D eigenvalue weighted by atomic mass is 10.1. The van der Waals surface area contributed by atoms with Crippen LogP contribution in [0.2, 0.25) is 0 Å². The Kier molecular flexibility index (Phi) is 4.35. The quantitative estimate of drug-likeness (QED) is 0.937. The lowest BCUT2D eigenvalue weighted by Crippen LogP contribution is -2.16. The first kappa shape index (κ1) is 15.9. The Bertz CT molecular complexity index is 795. The summed E-state index contributed by atoms with van der Waals surface area (Å²) >= 11 is 0. The van der Waals surface area contributed by atoms with Gasteiger partial charge in [-0.1, -0.05) is 19.1 Å². The number of fused-ring (bicyclic) bond motifs is 1. The number of nitrogens with one attached hydrogen (secondary N) is 1.